The van der Waals surface area contributed by atoms with Gasteiger partial charge in [-0.2, -0.15) is 0 Å². The maximum atomic E-state index is 11.0. The van der Waals surface area contributed by atoms with Gasteiger partial charge in [-0.25, -0.2) is 9.78 Å². The maximum absolute atomic E-state index is 11.0. The third-order valence-electron chi connectivity index (χ3n) is 2.26. The van der Waals surface area contributed by atoms with Crippen LogP contribution in [0.5, 0.6) is 0 Å². The number of aliphatic carboxylic acids is 1. The van der Waals surface area contributed by atoms with Crippen molar-refractivity contribution in [1.82, 2.24) is 9.97 Å². The van der Waals surface area contributed by atoms with Crippen molar-refractivity contribution in [1.29, 1.82) is 0 Å². The van der Waals surface area contributed by atoms with Gasteiger partial charge in [-0.05, 0) is 20.3 Å². The molecule has 88 valence electrons. The molecule has 0 aliphatic rings. The lowest BCUT2D eigenvalue weighted by Gasteiger charge is -2.15. The molecule has 0 fully saturated rings. The zero-order chi connectivity index (χ0) is 12.1. The van der Waals surface area contributed by atoms with Crippen molar-refractivity contribution in [2.75, 3.05) is 5.32 Å². The van der Waals surface area contributed by atoms with Crippen molar-refractivity contribution in [2.24, 2.45) is 0 Å². The summed E-state index contributed by atoms with van der Waals surface area (Å²) >= 11 is 0. The second kappa shape index (κ2) is 5.44. The average Bonchev–Trinajstić information content (AvgIpc) is 2.22. The first kappa shape index (κ1) is 12.4. The Morgan fingerprint density at radius 2 is 2.25 bits per heavy atom. The standard InChI is InChI=1S/C11H17N3O2/c1-4-5-9(11(15)16)14-10-8(3)12-6-7(2)13-10/h6,9H,4-5H2,1-3H3,(H,13,14)(H,15,16). The second-order valence-electron chi connectivity index (χ2n) is 3.77. The summed E-state index contributed by atoms with van der Waals surface area (Å²) in [7, 11) is 0. The van der Waals surface area contributed by atoms with Crippen LogP contribution in [0.1, 0.15) is 31.2 Å². The fraction of sp³-hybridized carbons (Fsp3) is 0.545. The molecule has 0 radical (unpaired) electrons. The first-order valence-electron chi connectivity index (χ1n) is 5.34. The minimum absolute atomic E-state index is 0.556. The van der Waals surface area contributed by atoms with Gasteiger partial charge in [-0.1, -0.05) is 13.3 Å². The summed E-state index contributed by atoms with van der Waals surface area (Å²) < 4.78 is 0. The van der Waals surface area contributed by atoms with Crippen LogP contribution in [0.15, 0.2) is 6.20 Å². The highest BCUT2D eigenvalue weighted by molar-refractivity contribution is 5.76. The number of carbonyl (C=O) groups is 1. The number of aromatic nitrogens is 2. The molecule has 1 heterocycles. The van der Waals surface area contributed by atoms with Crippen molar-refractivity contribution in [3.63, 3.8) is 0 Å². The van der Waals surface area contributed by atoms with Gasteiger partial charge in [0, 0.05) is 6.20 Å². The van der Waals surface area contributed by atoms with Crippen molar-refractivity contribution in [2.45, 2.75) is 39.7 Å². The van der Waals surface area contributed by atoms with Gasteiger partial charge >= 0.3 is 5.97 Å². The van der Waals surface area contributed by atoms with E-state index < -0.39 is 12.0 Å². The number of nitrogens with zero attached hydrogens (tertiary/aromatic N) is 2. The lowest BCUT2D eigenvalue weighted by Crippen LogP contribution is -2.30. The van der Waals surface area contributed by atoms with Crippen LogP contribution in [0.25, 0.3) is 0 Å². The Morgan fingerprint density at radius 1 is 1.56 bits per heavy atom. The summed E-state index contributed by atoms with van der Waals surface area (Å²) in [5.74, 6) is -0.301. The van der Waals surface area contributed by atoms with Crippen molar-refractivity contribution >= 4 is 11.8 Å². The lowest BCUT2D eigenvalue weighted by atomic mass is 10.1. The van der Waals surface area contributed by atoms with Crippen LogP contribution >= 0.6 is 0 Å². The number of carboxylic acid groups (broad SMARTS) is 1. The van der Waals surface area contributed by atoms with Crippen LogP contribution in [0.4, 0.5) is 5.82 Å². The normalized spacial score (nSPS) is 12.2. The Kier molecular flexibility index (Phi) is 4.22. The summed E-state index contributed by atoms with van der Waals surface area (Å²) in [4.78, 5) is 19.4. The molecule has 0 aliphatic carbocycles. The third kappa shape index (κ3) is 3.18. The number of hydrogen-bond donors (Lipinski definition) is 2. The monoisotopic (exact) mass is 223 g/mol. The average molecular weight is 223 g/mol. The van der Waals surface area contributed by atoms with Crippen molar-refractivity contribution in [3.05, 3.63) is 17.6 Å². The summed E-state index contributed by atoms with van der Waals surface area (Å²) in [6, 6.07) is -0.597. The molecule has 16 heavy (non-hydrogen) atoms. The van der Waals surface area contributed by atoms with E-state index in [9.17, 15) is 4.79 Å². The van der Waals surface area contributed by atoms with E-state index in [0.29, 0.717) is 17.9 Å². The van der Waals surface area contributed by atoms with Crippen molar-refractivity contribution < 1.29 is 9.90 Å². The van der Waals surface area contributed by atoms with Crippen LogP contribution in [0.2, 0.25) is 0 Å². The number of rotatable bonds is 5. The highest BCUT2D eigenvalue weighted by atomic mass is 16.4. The van der Waals surface area contributed by atoms with Gasteiger partial charge in [0.05, 0.1) is 11.4 Å². The van der Waals surface area contributed by atoms with Crippen LogP contribution in [-0.2, 0) is 4.79 Å². The smallest absolute Gasteiger partial charge is 0.326 e. The van der Waals surface area contributed by atoms with Crippen LogP contribution in [-0.4, -0.2) is 27.1 Å². The predicted molar refractivity (Wildman–Crippen MR) is 61.5 cm³/mol. The molecule has 0 spiro atoms. The molecule has 1 atom stereocenters. The van der Waals surface area contributed by atoms with Gasteiger partial charge in [0.25, 0.3) is 0 Å². The van der Waals surface area contributed by atoms with E-state index >= 15 is 0 Å². The van der Waals surface area contributed by atoms with E-state index in [4.69, 9.17) is 5.11 Å². The molecule has 2 N–H and O–H groups in total. The van der Waals surface area contributed by atoms with E-state index in [1.165, 1.54) is 0 Å². The van der Waals surface area contributed by atoms with Crippen LogP contribution < -0.4 is 5.32 Å². The van der Waals surface area contributed by atoms with E-state index in [2.05, 4.69) is 15.3 Å². The zero-order valence-electron chi connectivity index (χ0n) is 9.82. The largest absolute Gasteiger partial charge is 0.480 e. The Morgan fingerprint density at radius 3 is 2.81 bits per heavy atom. The molecule has 5 heteroatoms. The maximum Gasteiger partial charge on any atom is 0.326 e. The first-order chi connectivity index (χ1) is 7.54. The molecule has 0 bridgehead atoms. The number of nitrogens with one attached hydrogen (secondary N) is 1. The summed E-state index contributed by atoms with van der Waals surface area (Å²) in [6.45, 7) is 5.58. The molecule has 0 aromatic carbocycles. The van der Waals surface area contributed by atoms with Gasteiger partial charge < -0.3 is 10.4 Å². The SMILES string of the molecule is CCCC(Nc1nc(C)cnc1C)C(=O)O. The zero-order valence-corrected chi connectivity index (χ0v) is 9.82. The quantitative estimate of drug-likeness (QED) is 0.795. The van der Waals surface area contributed by atoms with E-state index in [-0.39, 0.29) is 0 Å². The number of carboxylic acids is 1. The molecular weight excluding hydrogens is 206 g/mol. The topological polar surface area (TPSA) is 75.1 Å². The van der Waals surface area contributed by atoms with Gasteiger partial charge in [0.1, 0.15) is 11.9 Å². The summed E-state index contributed by atoms with van der Waals surface area (Å²) in [5, 5.41) is 11.9. The van der Waals surface area contributed by atoms with Crippen LogP contribution in [0, 0.1) is 13.8 Å². The Labute approximate surface area is 94.9 Å². The highest BCUT2D eigenvalue weighted by Gasteiger charge is 2.17. The van der Waals surface area contributed by atoms with E-state index in [1.807, 2.05) is 13.8 Å². The molecule has 0 saturated heterocycles. The fourth-order valence-electron chi connectivity index (χ4n) is 1.39. The van der Waals surface area contributed by atoms with Gasteiger partial charge in [0.15, 0.2) is 0 Å². The summed E-state index contributed by atoms with van der Waals surface area (Å²) in [6.07, 6.45) is 3.04. The highest BCUT2D eigenvalue weighted by Crippen LogP contribution is 2.12. The molecule has 1 aromatic rings. The molecule has 5 nitrogen and oxygen atoms in total. The number of anilines is 1. The minimum Gasteiger partial charge on any atom is -0.480 e. The molecular formula is C11H17N3O2. The molecule has 0 saturated carbocycles. The van der Waals surface area contributed by atoms with E-state index in [1.54, 1.807) is 13.1 Å². The van der Waals surface area contributed by atoms with Gasteiger partial charge in [-0.15, -0.1) is 0 Å². The third-order valence-corrected chi connectivity index (χ3v) is 2.26. The molecule has 1 aromatic heterocycles. The molecule has 0 aliphatic heterocycles. The Hall–Kier alpha value is -1.65. The Balaban J connectivity index is 2.84. The predicted octanol–water partition coefficient (Wildman–Crippen LogP) is 1.76. The second-order valence-corrected chi connectivity index (χ2v) is 3.77. The lowest BCUT2D eigenvalue weighted by molar-refractivity contribution is -0.138. The minimum atomic E-state index is -0.857. The van der Waals surface area contributed by atoms with Crippen molar-refractivity contribution in [3.8, 4) is 0 Å². The Bertz CT molecular complexity index is 379. The first-order valence-corrected chi connectivity index (χ1v) is 5.34. The number of aryl methyl sites for hydroxylation is 2. The fourth-order valence-corrected chi connectivity index (χ4v) is 1.39. The number of hydrogen-bond acceptors (Lipinski definition) is 4. The van der Waals surface area contributed by atoms with Crippen LogP contribution in [0.3, 0.4) is 0 Å². The molecule has 1 rings (SSSR count). The molecule has 1 unspecified atom stereocenters. The summed E-state index contributed by atoms with van der Waals surface area (Å²) in [5.41, 5.74) is 1.49. The van der Waals surface area contributed by atoms with E-state index in [0.717, 1.165) is 12.1 Å². The van der Waals surface area contributed by atoms with Gasteiger partial charge in [-0.3, -0.25) is 4.98 Å². The van der Waals surface area contributed by atoms with Gasteiger partial charge in [0.2, 0.25) is 0 Å². The molecule has 0 amide bonds.